The largest absolute Gasteiger partial charge is 0.381 e. The SMILES string of the molecule is CSc1nc(Cl)cc(N(C)CC2CCOCC2)n1. The summed E-state index contributed by atoms with van der Waals surface area (Å²) in [5.41, 5.74) is 0. The normalized spacial score (nSPS) is 16.8. The smallest absolute Gasteiger partial charge is 0.190 e. The van der Waals surface area contributed by atoms with Crippen LogP contribution in [0.1, 0.15) is 12.8 Å². The zero-order chi connectivity index (χ0) is 13.0. The minimum atomic E-state index is 0.503. The molecule has 0 N–H and O–H groups in total. The molecule has 1 aliphatic heterocycles. The summed E-state index contributed by atoms with van der Waals surface area (Å²) in [6.07, 6.45) is 4.20. The van der Waals surface area contributed by atoms with Crippen LogP contribution < -0.4 is 4.90 Å². The van der Waals surface area contributed by atoms with Gasteiger partial charge in [-0.15, -0.1) is 0 Å². The van der Waals surface area contributed by atoms with Gasteiger partial charge in [0, 0.05) is 32.9 Å². The van der Waals surface area contributed by atoms with Crippen molar-refractivity contribution in [3.8, 4) is 0 Å². The molecule has 100 valence electrons. The molecule has 0 spiro atoms. The van der Waals surface area contributed by atoms with E-state index in [-0.39, 0.29) is 0 Å². The molecule has 0 amide bonds. The summed E-state index contributed by atoms with van der Waals surface area (Å²) in [5.74, 6) is 1.57. The Kier molecular flexibility index (Phi) is 5.09. The Labute approximate surface area is 117 Å². The van der Waals surface area contributed by atoms with Crippen molar-refractivity contribution < 1.29 is 4.74 Å². The highest BCUT2D eigenvalue weighted by atomic mass is 35.5. The second kappa shape index (κ2) is 6.59. The first kappa shape index (κ1) is 13.9. The Morgan fingerprint density at radius 1 is 1.44 bits per heavy atom. The van der Waals surface area contributed by atoms with E-state index in [1.54, 1.807) is 0 Å². The van der Waals surface area contributed by atoms with Gasteiger partial charge in [0.2, 0.25) is 0 Å². The lowest BCUT2D eigenvalue weighted by Gasteiger charge is -2.27. The monoisotopic (exact) mass is 287 g/mol. The van der Waals surface area contributed by atoms with Crippen LogP contribution in [0.2, 0.25) is 5.15 Å². The minimum Gasteiger partial charge on any atom is -0.381 e. The van der Waals surface area contributed by atoms with Crippen LogP contribution in [0.15, 0.2) is 11.2 Å². The Balaban J connectivity index is 2.02. The molecule has 1 aromatic heterocycles. The number of hydrogen-bond acceptors (Lipinski definition) is 5. The lowest BCUT2D eigenvalue weighted by atomic mass is 10.00. The highest BCUT2D eigenvalue weighted by molar-refractivity contribution is 7.98. The zero-order valence-electron chi connectivity index (χ0n) is 10.7. The highest BCUT2D eigenvalue weighted by Crippen LogP contribution is 2.22. The van der Waals surface area contributed by atoms with E-state index in [2.05, 4.69) is 21.9 Å². The number of anilines is 1. The second-order valence-corrected chi connectivity index (χ2v) is 5.63. The molecular weight excluding hydrogens is 270 g/mol. The van der Waals surface area contributed by atoms with Gasteiger partial charge in [0.15, 0.2) is 5.16 Å². The van der Waals surface area contributed by atoms with Crippen LogP contribution in [-0.4, -0.2) is 43.0 Å². The third kappa shape index (κ3) is 3.73. The molecule has 4 nitrogen and oxygen atoms in total. The van der Waals surface area contributed by atoms with Gasteiger partial charge in [-0.2, -0.15) is 0 Å². The number of aromatic nitrogens is 2. The number of halogens is 1. The Hall–Kier alpha value is -0.520. The molecule has 0 radical (unpaired) electrons. The van der Waals surface area contributed by atoms with E-state index in [1.807, 2.05) is 12.3 Å². The number of hydrogen-bond donors (Lipinski definition) is 0. The number of ether oxygens (including phenoxy) is 1. The maximum atomic E-state index is 6.00. The molecule has 6 heteroatoms. The van der Waals surface area contributed by atoms with Gasteiger partial charge < -0.3 is 9.64 Å². The van der Waals surface area contributed by atoms with Gasteiger partial charge in [-0.1, -0.05) is 23.4 Å². The van der Waals surface area contributed by atoms with Crippen molar-refractivity contribution in [1.82, 2.24) is 9.97 Å². The van der Waals surface area contributed by atoms with E-state index in [0.29, 0.717) is 11.1 Å². The standard InChI is InChI=1S/C12H18ClN3OS/c1-16(8-9-3-5-17-6-4-9)11-7-10(13)14-12(15-11)18-2/h7,9H,3-6,8H2,1-2H3. The molecular formula is C12H18ClN3OS. The predicted molar refractivity (Wildman–Crippen MR) is 75.6 cm³/mol. The third-order valence-corrected chi connectivity index (χ3v) is 3.85. The average Bonchev–Trinajstić information content (AvgIpc) is 2.39. The van der Waals surface area contributed by atoms with Crippen LogP contribution in [0.5, 0.6) is 0 Å². The third-order valence-electron chi connectivity index (χ3n) is 3.11. The fourth-order valence-electron chi connectivity index (χ4n) is 2.08. The Morgan fingerprint density at radius 3 is 2.83 bits per heavy atom. The molecule has 0 saturated carbocycles. The van der Waals surface area contributed by atoms with Crippen LogP contribution in [0.3, 0.4) is 0 Å². The molecule has 0 atom stereocenters. The average molecular weight is 288 g/mol. The summed E-state index contributed by atoms with van der Waals surface area (Å²) in [4.78, 5) is 10.8. The topological polar surface area (TPSA) is 38.2 Å². The van der Waals surface area contributed by atoms with Gasteiger partial charge in [0.05, 0.1) is 0 Å². The van der Waals surface area contributed by atoms with E-state index < -0.39 is 0 Å². The van der Waals surface area contributed by atoms with Crippen molar-refractivity contribution in [2.45, 2.75) is 18.0 Å². The minimum absolute atomic E-state index is 0.503. The molecule has 0 aromatic carbocycles. The van der Waals surface area contributed by atoms with Gasteiger partial charge in [0.25, 0.3) is 0 Å². The van der Waals surface area contributed by atoms with Gasteiger partial charge in [-0.05, 0) is 25.0 Å². The quantitative estimate of drug-likeness (QED) is 0.484. The van der Waals surface area contributed by atoms with Crippen LogP contribution in [0, 0.1) is 5.92 Å². The highest BCUT2D eigenvalue weighted by Gasteiger charge is 2.17. The van der Waals surface area contributed by atoms with E-state index in [4.69, 9.17) is 16.3 Å². The van der Waals surface area contributed by atoms with Crippen LogP contribution in [-0.2, 0) is 4.74 Å². The molecule has 0 unspecified atom stereocenters. The maximum absolute atomic E-state index is 6.00. The van der Waals surface area contributed by atoms with Crippen molar-refractivity contribution in [2.24, 2.45) is 5.92 Å². The van der Waals surface area contributed by atoms with Crippen molar-refractivity contribution in [3.63, 3.8) is 0 Å². The summed E-state index contributed by atoms with van der Waals surface area (Å²) >= 11 is 7.51. The number of nitrogens with zero attached hydrogens (tertiary/aromatic N) is 3. The molecule has 0 bridgehead atoms. The number of thioether (sulfide) groups is 1. The predicted octanol–water partition coefficient (Wildman–Crippen LogP) is 2.71. The van der Waals surface area contributed by atoms with Crippen LogP contribution in [0.25, 0.3) is 0 Å². The fourth-order valence-corrected chi connectivity index (χ4v) is 2.68. The summed E-state index contributed by atoms with van der Waals surface area (Å²) < 4.78 is 5.37. The van der Waals surface area contributed by atoms with E-state index in [1.165, 1.54) is 11.8 Å². The van der Waals surface area contributed by atoms with Gasteiger partial charge >= 0.3 is 0 Å². The van der Waals surface area contributed by atoms with Crippen molar-refractivity contribution >= 4 is 29.2 Å². The molecule has 1 aromatic rings. The van der Waals surface area contributed by atoms with Crippen molar-refractivity contribution in [2.75, 3.05) is 38.0 Å². The Bertz CT molecular complexity index is 399. The molecule has 1 aliphatic rings. The Morgan fingerprint density at radius 2 is 2.17 bits per heavy atom. The second-order valence-electron chi connectivity index (χ2n) is 4.47. The lowest BCUT2D eigenvalue weighted by Crippen LogP contribution is -2.30. The molecule has 0 aliphatic carbocycles. The lowest BCUT2D eigenvalue weighted by molar-refractivity contribution is 0.0685. The fraction of sp³-hybridized carbons (Fsp3) is 0.667. The number of rotatable bonds is 4. The summed E-state index contributed by atoms with van der Waals surface area (Å²) in [6, 6.07) is 1.82. The van der Waals surface area contributed by atoms with E-state index >= 15 is 0 Å². The maximum Gasteiger partial charge on any atom is 0.190 e. The molecule has 1 saturated heterocycles. The van der Waals surface area contributed by atoms with Gasteiger partial charge in [0.1, 0.15) is 11.0 Å². The summed E-state index contributed by atoms with van der Waals surface area (Å²) in [5, 5.41) is 1.22. The van der Waals surface area contributed by atoms with Crippen molar-refractivity contribution in [3.05, 3.63) is 11.2 Å². The molecule has 2 heterocycles. The van der Waals surface area contributed by atoms with Gasteiger partial charge in [-0.3, -0.25) is 0 Å². The van der Waals surface area contributed by atoms with Crippen LogP contribution in [0.4, 0.5) is 5.82 Å². The molecule has 2 rings (SSSR count). The molecule has 1 fully saturated rings. The zero-order valence-corrected chi connectivity index (χ0v) is 12.3. The van der Waals surface area contributed by atoms with Crippen LogP contribution >= 0.6 is 23.4 Å². The van der Waals surface area contributed by atoms with Gasteiger partial charge in [-0.25, -0.2) is 9.97 Å². The van der Waals surface area contributed by atoms with Crippen molar-refractivity contribution in [1.29, 1.82) is 0 Å². The molecule has 18 heavy (non-hydrogen) atoms. The summed E-state index contributed by atoms with van der Waals surface area (Å²) in [7, 11) is 2.05. The van der Waals surface area contributed by atoms with E-state index in [0.717, 1.165) is 43.6 Å². The van der Waals surface area contributed by atoms with E-state index in [9.17, 15) is 0 Å². The first-order chi connectivity index (χ1) is 8.69. The summed E-state index contributed by atoms with van der Waals surface area (Å²) in [6.45, 7) is 2.74. The first-order valence-corrected chi connectivity index (χ1v) is 7.66. The first-order valence-electron chi connectivity index (χ1n) is 6.06.